The number of carbonyl (C=O) groups excluding carboxylic acids is 1. The number of aliphatic hydroxyl groups is 1. The fraction of sp³-hybridized carbons (Fsp3) is 0.267. The van der Waals surface area contributed by atoms with Crippen LogP contribution in [-0.2, 0) is 13.1 Å². The third kappa shape index (κ3) is 2.69. The number of hydrogen-bond donors (Lipinski definition) is 3. The van der Waals surface area contributed by atoms with Crippen molar-refractivity contribution in [3.63, 3.8) is 0 Å². The zero-order valence-electron chi connectivity index (χ0n) is 12.7. The smallest absolute Gasteiger partial charge is 0.298 e. The van der Waals surface area contributed by atoms with Crippen LogP contribution in [0.4, 0.5) is 10.3 Å². The van der Waals surface area contributed by atoms with Crippen molar-refractivity contribution in [1.82, 2.24) is 14.9 Å². The van der Waals surface area contributed by atoms with Gasteiger partial charge in [0.2, 0.25) is 11.7 Å². The second kappa shape index (κ2) is 5.93. The van der Waals surface area contributed by atoms with Gasteiger partial charge in [-0.1, -0.05) is 12.1 Å². The summed E-state index contributed by atoms with van der Waals surface area (Å²) in [7, 11) is 1.52. The highest BCUT2D eigenvalue weighted by Gasteiger charge is 2.31. The lowest BCUT2D eigenvalue weighted by atomic mass is 10.2. The molecule has 0 aliphatic carbocycles. The first-order valence-corrected chi connectivity index (χ1v) is 7.16. The Labute approximate surface area is 135 Å². The summed E-state index contributed by atoms with van der Waals surface area (Å²) in [5.74, 6) is -1.82. The molecule has 0 spiro atoms. The number of nitrogens with one attached hydrogen (secondary N) is 1. The van der Waals surface area contributed by atoms with Gasteiger partial charge in [0.15, 0.2) is 5.69 Å². The summed E-state index contributed by atoms with van der Waals surface area (Å²) in [5.41, 5.74) is -0.570. The van der Waals surface area contributed by atoms with Crippen LogP contribution in [0.15, 0.2) is 29.1 Å². The van der Waals surface area contributed by atoms with E-state index in [-0.39, 0.29) is 19.0 Å². The van der Waals surface area contributed by atoms with E-state index in [4.69, 9.17) is 0 Å². The highest BCUT2D eigenvalue weighted by Crippen LogP contribution is 2.22. The van der Waals surface area contributed by atoms with Crippen LogP contribution in [0.3, 0.4) is 0 Å². The summed E-state index contributed by atoms with van der Waals surface area (Å²) < 4.78 is 13.9. The number of aromatic hydroxyl groups is 1. The van der Waals surface area contributed by atoms with E-state index in [0.717, 1.165) is 4.57 Å². The molecule has 0 bridgehead atoms. The van der Waals surface area contributed by atoms with E-state index in [9.17, 15) is 24.2 Å². The number of amides is 1. The number of anilines is 1. The van der Waals surface area contributed by atoms with Crippen LogP contribution in [0, 0.1) is 5.82 Å². The van der Waals surface area contributed by atoms with Crippen molar-refractivity contribution < 1.29 is 19.4 Å². The Balaban J connectivity index is 1.84. The van der Waals surface area contributed by atoms with Crippen LogP contribution in [0.5, 0.6) is 5.75 Å². The first-order valence-electron chi connectivity index (χ1n) is 7.16. The monoisotopic (exact) mass is 334 g/mol. The van der Waals surface area contributed by atoms with Crippen LogP contribution in [-0.4, -0.2) is 38.9 Å². The van der Waals surface area contributed by atoms with Gasteiger partial charge in [-0.05, 0) is 17.7 Å². The molecular formula is C15H15FN4O4. The molecule has 0 saturated heterocycles. The average molecular weight is 334 g/mol. The Morgan fingerprint density at radius 2 is 2.08 bits per heavy atom. The quantitative estimate of drug-likeness (QED) is 0.717. The Kier molecular flexibility index (Phi) is 3.94. The summed E-state index contributed by atoms with van der Waals surface area (Å²) in [5, 5.41) is 22.2. The first-order chi connectivity index (χ1) is 11.4. The summed E-state index contributed by atoms with van der Waals surface area (Å²) in [6.07, 6.45) is -0.956. The van der Waals surface area contributed by atoms with Crippen LogP contribution >= 0.6 is 0 Å². The molecule has 1 atom stereocenters. The number of hydrogen-bond acceptors (Lipinski definition) is 6. The van der Waals surface area contributed by atoms with Crippen molar-refractivity contribution in [3.05, 3.63) is 51.7 Å². The zero-order chi connectivity index (χ0) is 17.4. The van der Waals surface area contributed by atoms with Crippen LogP contribution < -0.4 is 15.8 Å². The van der Waals surface area contributed by atoms with Gasteiger partial charge in [-0.3, -0.25) is 14.2 Å². The maximum atomic E-state index is 12.9. The third-order valence-electron chi connectivity index (χ3n) is 3.82. The third-order valence-corrected chi connectivity index (χ3v) is 3.82. The Hall–Kier alpha value is -2.94. The van der Waals surface area contributed by atoms with Crippen molar-refractivity contribution in [1.29, 1.82) is 0 Å². The maximum Gasteiger partial charge on any atom is 0.298 e. The number of rotatable bonds is 3. The maximum absolute atomic E-state index is 12.9. The van der Waals surface area contributed by atoms with Crippen LogP contribution in [0.1, 0.15) is 16.1 Å². The molecule has 1 unspecified atom stereocenters. The molecule has 126 valence electrons. The predicted molar refractivity (Wildman–Crippen MR) is 82.1 cm³/mol. The van der Waals surface area contributed by atoms with Gasteiger partial charge in [0.1, 0.15) is 12.0 Å². The molecule has 1 amide bonds. The second-order valence-corrected chi connectivity index (χ2v) is 5.43. The molecule has 1 aromatic heterocycles. The number of fused-ring (bicyclic) bond motifs is 1. The summed E-state index contributed by atoms with van der Waals surface area (Å²) >= 11 is 0. The Morgan fingerprint density at radius 1 is 1.42 bits per heavy atom. The lowest BCUT2D eigenvalue weighted by Gasteiger charge is -2.15. The largest absolute Gasteiger partial charge is 0.501 e. The molecule has 3 rings (SSSR count). The summed E-state index contributed by atoms with van der Waals surface area (Å²) in [4.78, 5) is 29.6. The van der Waals surface area contributed by atoms with Gasteiger partial charge in [0.25, 0.3) is 11.5 Å². The van der Waals surface area contributed by atoms with Crippen LogP contribution in [0.25, 0.3) is 0 Å². The van der Waals surface area contributed by atoms with E-state index in [1.807, 2.05) is 0 Å². The predicted octanol–water partition coefficient (Wildman–Crippen LogP) is -0.214. The van der Waals surface area contributed by atoms with Gasteiger partial charge in [-0.25, -0.2) is 9.37 Å². The number of aliphatic hydroxyl groups excluding tert-OH is 1. The molecule has 9 heteroatoms. The minimum absolute atomic E-state index is 0.0390. The molecule has 0 fully saturated rings. The van der Waals surface area contributed by atoms with Gasteiger partial charge >= 0.3 is 0 Å². The van der Waals surface area contributed by atoms with Crippen molar-refractivity contribution >= 4 is 11.9 Å². The molecule has 24 heavy (non-hydrogen) atoms. The second-order valence-electron chi connectivity index (χ2n) is 5.43. The van der Waals surface area contributed by atoms with Crippen molar-refractivity contribution in [2.45, 2.75) is 19.3 Å². The number of carbonyl (C=O) groups is 1. The lowest BCUT2D eigenvalue weighted by molar-refractivity contribution is 0.0942. The average Bonchev–Trinajstić information content (AvgIpc) is 2.85. The fourth-order valence-corrected chi connectivity index (χ4v) is 2.41. The lowest BCUT2D eigenvalue weighted by Crippen LogP contribution is -2.29. The van der Waals surface area contributed by atoms with Crippen molar-refractivity contribution in [3.8, 4) is 5.75 Å². The van der Waals surface area contributed by atoms with Crippen molar-refractivity contribution in [2.75, 3.05) is 11.9 Å². The highest BCUT2D eigenvalue weighted by atomic mass is 19.1. The molecule has 1 aliphatic rings. The van der Waals surface area contributed by atoms with Crippen LogP contribution in [0.2, 0.25) is 0 Å². The molecular weight excluding hydrogens is 319 g/mol. The molecule has 1 aliphatic heterocycles. The van der Waals surface area contributed by atoms with E-state index in [0.29, 0.717) is 5.56 Å². The Bertz CT molecular complexity index is 850. The van der Waals surface area contributed by atoms with Gasteiger partial charge in [0, 0.05) is 13.6 Å². The molecule has 1 aromatic carbocycles. The van der Waals surface area contributed by atoms with E-state index in [1.165, 1.54) is 36.2 Å². The number of halogens is 1. The molecule has 8 nitrogen and oxygen atoms in total. The zero-order valence-corrected chi connectivity index (χ0v) is 12.7. The van der Waals surface area contributed by atoms with E-state index >= 15 is 0 Å². The molecule has 3 N–H and O–H groups in total. The molecule has 2 heterocycles. The number of nitrogens with zero attached hydrogens (tertiary/aromatic N) is 3. The number of aromatic nitrogens is 2. The molecule has 0 saturated carbocycles. The molecule has 2 aromatic rings. The van der Waals surface area contributed by atoms with E-state index in [2.05, 4.69) is 10.3 Å². The minimum atomic E-state index is -0.956. The van der Waals surface area contributed by atoms with E-state index < -0.39 is 35.0 Å². The topological polar surface area (TPSA) is 108 Å². The standard InChI is InChI=1S/C15H15FN4O4/c1-19-10(21)7-20-14(24)12(22)11(18-15(19)20)13(23)17-6-8-2-4-9(16)5-3-8/h2-5,10,21-22H,6-7H2,1H3,(H,17,23). The number of likely N-dealkylation sites (N-methyl/N-ethyl adjacent to an activating group) is 1. The Morgan fingerprint density at radius 3 is 2.75 bits per heavy atom. The van der Waals surface area contributed by atoms with Gasteiger partial charge in [0.05, 0.1) is 6.54 Å². The van der Waals surface area contributed by atoms with E-state index in [1.54, 1.807) is 0 Å². The first kappa shape index (κ1) is 15.9. The minimum Gasteiger partial charge on any atom is -0.501 e. The fourth-order valence-electron chi connectivity index (χ4n) is 2.41. The summed E-state index contributed by atoms with van der Waals surface area (Å²) in [6, 6.07) is 5.53. The number of benzene rings is 1. The SMILES string of the molecule is CN1c2nc(C(=O)NCc3ccc(F)cc3)c(O)c(=O)n2CC1O. The normalized spacial score (nSPS) is 16.1. The van der Waals surface area contributed by atoms with Gasteiger partial charge < -0.3 is 20.4 Å². The van der Waals surface area contributed by atoms with Crippen molar-refractivity contribution in [2.24, 2.45) is 0 Å². The van der Waals surface area contributed by atoms with Gasteiger partial charge in [-0.15, -0.1) is 0 Å². The highest BCUT2D eigenvalue weighted by molar-refractivity contribution is 5.95. The van der Waals surface area contributed by atoms with Gasteiger partial charge in [-0.2, -0.15) is 0 Å². The molecule has 0 radical (unpaired) electrons. The summed E-state index contributed by atoms with van der Waals surface area (Å²) in [6.45, 7) is 0.0415.